The molecule has 2 rings (SSSR count). The fraction of sp³-hybridized carbons (Fsp3) is 0.636. The highest BCUT2D eigenvalue weighted by Gasteiger charge is 2.34. The number of nitrogens with zero attached hydrogens (tertiary/aromatic N) is 2. The van der Waals surface area contributed by atoms with Crippen LogP contribution in [0.3, 0.4) is 0 Å². The number of guanidine groups is 1. The van der Waals surface area contributed by atoms with Gasteiger partial charge < -0.3 is 20.3 Å². The number of nitrogens with one attached hydrogen (secondary N) is 2. The van der Waals surface area contributed by atoms with Crippen LogP contribution in [0.15, 0.2) is 35.3 Å². The standard InChI is InChI=1S/C22H36N4O2/c1-4-23-21(24-15-12-20(27)26(5-2)6-3)25-18-22(13-16-28-17-14-22)19-10-8-7-9-11-19/h7-11H,4-6,12-18H2,1-3H3,(H2,23,24,25). The summed E-state index contributed by atoms with van der Waals surface area (Å²) in [5.74, 6) is 0.954. The van der Waals surface area contributed by atoms with Crippen LogP contribution in [0.25, 0.3) is 0 Å². The number of carbonyl (C=O) groups is 1. The molecule has 1 saturated heterocycles. The highest BCUT2D eigenvalue weighted by atomic mass is 16.5. The van der Waals surface area contributed by atoms with E-state index in [-0.39, 0.29) is 11.3 Å². The lowest BCUT2D eigenvalue weighted by atomic mass is 9.74. The summed E-state index contributed by atoms with van der Waals surface area (Å²) in [5.41, 5.74) is 1.34. The molecule has 0 unspecified atom stereocenters. The van der Waals surface area contributed by atoms with E-state index >= 15 is 0 Å². The minimum Gasteiger partial charge on any atom is -0.381 e. The fourth-order valence-corrected chi connectivity index (χ4v) is 3.69. The molecule has 1 aliphatic heterocycles. The van der Waals surface area contributed by atoms with E-state index < -0.39 is 0 Å². The third-order valence-electron chi connectivity index (χ3n) is 5.47. The molecule has 1 fully saturated rings. The van der Waals surface area contributed by atoms with Gasteiger partial charge in [0.25, 0.3) is 0 Å². The molecular weight excluding hydrogens is 352 g/mol. The quantitative estimate of drug-likeness (QED) is 0.504. The second-order valence-corrected chi connectivity index (χ2v) is 7.20. The maximum absolute atomic E-state index is 12.2. The summed E-state index contributed by atoms with van der Waals surface area (Å²) in [4.78, 5) is 18.9. The fourth-order valence-electron chi connectivity index (χ4n) is 3.69. The van der Waals surface area contributed by atoms with Gasteiger partial charge >= 0.3 is 0 Å². The summed E-state index contributed by atoms with van der Waals surface area (Å²) in [6.45, 7) is 11.2. The predicted octanol–water partition coefficient (Wildman–Crippen LogP) is 2.55. The minimum absolute atomic E-state index is 0.0128. The van der Waals surface area contributed by atoms with E-state index in [1.165, 1.54) is 5.56 Å². The first kappa shape index (κ1) is 22.2. The molecule has 1 aromatic carbocycles. The molecule has 1 aliphatic rings. The Morgan fingerprint density at radius 1 is 1.11 bits per heavy atom. The average Bonchev–Trinajstić information content (AvgIpc) is 2.74. The van der Waals surface area contributed by atoms with Crippen molar-refractivity contribution in [2.45, 2.75) is 45.4 Å². The lowest BCUT2D eigenvalue weighted by molar-refractivity contribution is -0.130. The number of ether oxygens (including phenoxy) is 1. The van der Waals surface area contributed by atoms with E-state index in [9.17, 15) is 4.79 Å². The summed E-state index contributed by atoms with van der Waals surface area (Å²) in [6, 6.07) is 10.6. The molecule has 0 spiro atoms. The van der Waals surface area contributed by atoms with Gasteiger partial charge in [-0.05, 0) is 39.2 Å². The van der Waals surface area contributed by atoms with Crippen molar-refractivity contribution >= 4 is 11.9 Å². The van der Waals surface area contributed by atoms with Crippen LogP contribution in [-0.4, -0.2) is 62.7 Å². The number of rotatable bonds is 9. The normalized spacial score (nSPS) is 16.5. The monoisotopic (exact) mass is 388 g/mol. The highest BCUT2D eigenvalue weighted by molar-refractivity contribution is 5.81. The van der Waals surface area contributed by atoms with Crippen LogP contribution in [0, 0.1) is 0 Å². The van der Waals surface area contributed by atoms with Crippen molar-refractivity contribution < 1.29 is 9.53 Å². The zero-order valence-electron chi connectivity index (χ0n) is 17.7. The summed E-state index contributed by atoms with van der Waals surface area (Å²) in [5, 5.41) is 6.63. The third-order valence-corrected chi connectivity index (χ3v) is 5.47. The van der Waals surface area contributed by atoms with E-state index in [4.69, 9.17) is 9.73 Å². The van der Waals surface area contributed by atoms with E-state index in [1.807, 2.05) is 18.7 Å². The molecule has 156 valence electrons. The SMILES string of the molecule is CCNC(=NCC1(c2ccccc2)CCOCC1)NCCC(=O)N(CC)CC. The molecule has 0 bridgehead atoms. The second-order valence-electron chi connectivity index (χ2n) is 7.20. The van der Waals surface area contributed by atoms with E-state index in [0.717, 1.165) is 51.6 Å². The van der Waals surface area contributed by atoms with Crippen molar-refractivity contribution in [1.29, 1.82) is 0 Å². The Morgan fingerprint density at radius 3 is 2.39 bits per heavy atom. The second kappa shape index (κ2) is 11.7. The van der Waals surface area contributed by atoms with Gasteiger partial charge in [-0.3, -0.25) is 9.79 Å². The predicted molar refractivity (Wildman–Crippen MR) is 115 cm³/mol. The topological polar surface area (TPSA) is 66.0 Å². The Hall–Kier alpha value is -2.08. The molecular formula is C22H36N4O2. The molecule has 6 heteroatoms. The first-order valence-electron chi connectivity index (χ1n) is 10.6. The molecule has 0 atom stereocenters. The highest BCUT2D eigenvalue weighted by Crippen LogP contribution is 2.35. The number of amides is 1. The molecule has 0 radical (unpaired) electrons. The van der Waals surface area contributed by atoms with Crippen molar-refractivity contribution in [3.63, 3.8) is 0 Å². The zero-order valence-corrected chi connectivity index (χ0v) is 17.7. The maximum Gasteiger partial charge on any atom is 0.224 e. The zero-order chi connectivity index (χ0) is 20.2. The Kier molecular flexibility index (Phi) is 9.28. The van der Waals surface area contributed by atoms with Crippen molar-refractivity contribution in [3.05, 3.63) is 35.9 Å². The molecule has 1 heterocycles. The van der Waals surface area contributed by atoms with Gasteiger partial charge in [-0.15, -0.1) is 0 Å². The lowest BCUT2D eigenvalue weighted by Gasteiger charge is -2.36. The van der Waals surface area contributed by atoms with Gasteiger partial charge in [-0.1, -0.05) is 30.3 Å². The van der Waals surface area contributed by atoms with Crippen molar-refractivity contribution in [2.75, 3.05) is 45.9 Å². The van der Waals surface area contributed by atoms with Crippen LogP contribution in [0.5, 0.6) is 0 Å². The van der Waals surface area contributed by atoms with Gasteiger partial charge in [0.1, 0.15) is 0 Å². The smallest absolute Gasteiger partial charge is 0.224 e. The summed E-state index contributed by atoms with van der Waals surface area (Å²) in [6.07, 6.45) is 2.42. The van der Waals surface area contributed by atoms with E-state index in [1.54, 1.807) is 0 Å². The largest absolute Gasteiger partial charge is 0.381 e. The molecule has 1 aromatic rings. The van der Waals surface area contributed by atoms with Gasteiger partial charge in [0.2, 0.25) is 5.91 Å². The van der Waals surface area contributed by atoms with Gasteiger partial charge in [-0.2, -0.15) is 0 Å². The third kappa shape index (κ3) is 6.23. The van der Waals surface area contributed by atoms with Crippen molar-refractivity contribution in [2.24, 2.45) is 4.99 Å². The first-order valence-corrected chi connectivity index (χ1v) is 10.6. The van der Waals surface area contributed by atoms with Crippen LogP contribution in [0.1, 0.15) is 45.6 Å². The summed E-state index contributed by atoms with van der Waals surface area (Å²) >= 11 is 0. The number of aliphatic imine (C=N–C) groups is 1. The molecule has 1 amide bonds. The van der Waals surface area contributed by atoms with Crippen molar-refractivity contribution in [1.82, 2.24) is 15.5 Å². The maximum atomic E-state index is 12.2. The average molecular weight is 389 g/mol. The van der Waals surface area contributed by atoms with Gasteiger partial charge in [0, 0.05) is 51.2 Å². The van der Waals surface area contributed by atoms with Crippen LogP contribution in [0.2, 0.25) is 0 Å². The number of hydrogen-bond acceptors (Lipinski definition) is 3. The number of carbonyl (C=O) groups excluding carboxylic acids is 1. The Balaban J connectivity index is 2.02. The van der Waals surface area contributed by atoms with Crippen molar-refractivity contribution in [3.8, 4) is 0 Å². The lowest BCUT2D eigenvalue weighted by Crippen LogP contribution is -2.42. The van der Waals surface area contributed by atoms with Gasteiger partial charge in [-0.25, -0.2) is 0 Å². The van der Waals surface area contributed by atoms with Crippen LogP contribution >= 0.6 is 0 Å². The summed E-state index contributed by atoms with van der Waals surface area (Å²) < 4.78 is 5.61. The minimum atomic E-state index is 0.0128. The van der Waals surface area contributed by atoms with Gasteiger partial charge in [0.15, 0.2) is 5.96 Å². The molecule has 6 nitrogen and oxygen atoms in total. The molecule has 2 N–H and O–H groups in total. The van der Waals surface area contributed by atoms with Crippen LogP contribution in [0.4, 0.5) is 0 Å². The molecule has 0 aromatic heterocycles. The number of hydrogen-bond donors (Lipinski definition) is 2. The van der Waals surface area contributed by atoms with E-state index in [2.05, 4.69) is 47.9 Å². The van der Waals surface area contributed by atoms with Crippen LogP contribution in [-0.2, 0) is 14.9 Å². The van der Waals surface area contributed by atoms with Gasteiger partial charge in [0.05, 0.1) is 6.54 Å². The Bertz CT molecular complexity index is 608. The molecule has 28 heavy (non-hydrogen) atoms. The Morgan fingerprint density at radius 2 is 1.79 bits per heavy atom. The molecule has 0 aliphatic carbocycles. The first-order chi connectivity index (χ1) is 13.6. The Labute approximate surface area is 169 Å². The van der Waals surface area contributed by atoms with E-state index in [0.29, 0.717) is 19.5 Å². The molecule has 0 saturated carbocycles. The summed E-state index contributed by atoms with van der Waals surface area (Å²) in [7, 11) is 0. The van der Waals surface area contributed by atoms with Crippen LogP contribution < -0.4 is 10.6 Å². The number of benzene rings is 1.